The first kappa shape index (κ1) is 36.0. The molecule has 0 fully saturated rings. The van der Waals surface area contributed by atoms with Gasteiger partial charge in [-0.25, -0.2) is 4.79 Å². The van der Waals surface area contributed by atoms with Crippen molar-refractivity contribution in [2.45, 2.75) is 50.5 Å². The van der Waals surface area contributed by atoms with Crippen molar-refractivity contribution in [2.24, 2.45) is 0 Å². The van der Waals surface area contributed by atoms with Crippen molar-refractivity contribution in [2.75, 3.05) is 11.9 Å². The molecule has 3 aromatic rings. The first-order valence-electron chi connectivity index (χ1n) is 8.56. The highest BCUT2D eigenvalue weighted by Crippen LogP contribution is 2.29. The maximum absolute atomic E-state index is 11.9. The Balaban J connectivity index is -0.000000530. The molecule has 0 saturated heterocycles. The number of anilines is 1. The number of aromatic nitrogens is 1. The molecule has 2 heterocycles. The lowest BCUT2D eigenvalue weighted by molar-refractivity contribution is -0.137. The number of aromatic amines is 1. The summed E-state index contributed by atoms with van der Waals surface area (Å²) in [6.45, 7) is 1.76. The minimum Gasteiger partial charge on any atom is -0.460 e. The van der Waals surface area contributed by atoms with E-state index in [0.29, 0.717) is 27.4 Å². The number of fused-ring (bicyclic) bond motifs is 2. The number of ketones is 1. The second-order valence-corrected chi connectivity index (χ2v) is 7.33. The van der Waals surface area contributed by atoms with Gasteiger partial charge in [0.15, 0.2) is 0 Å². The third kappa shape index (κ3) is 8.05. The van der Waals surface area contributed by atoms with Crippen LogP contribution in [0.2, 0.25) is 15.2 Å². The molecule has 4 rings (SSSR count). The van der Waals surface area contributed by atoms with E-state index >= 15 is 0 Å². The van der Waals surface area contributed by atoms with Gasteiger partial charge in [-0.15, -0.1) is 0 Å². The van der Waals surface area contributed by atoms with Crippen molar-refractivity contribution in [3.63, 3.8) is 0 Å². The van der Waals surface area contributed by atoms with Gasteiger partial charge in [-0.1, -0.05) is 84.1 Å². The molecule has 1 aromatic heterocycles. The lowest BCUT2D eigenvalue weighted by atomic mass is 10.1. The molecule has 1 amide bonds. The van der Waals surface area contributed by atoms with Gasteiger partial charge in [0.25, 0.3) is 5.78 Å². The summed E-state index contributed by atoms with van der Waals surface area (Å²) < 4.78 is 4.67. The van der Waals surface area contributed by atoms with E-state index in [1.807, 2.05) is 6.07 Å². The minimum absolute atomic E-state index is 0. The van der Waals surface area contributed by atoms with Gasteiger partial charge in [0.05, 0.1) is 18.6 Å². The third-order valence-electron chi connectivity index (χ3n) is 4.10. The number of esters is 1. The highest BCUT2D eigenvalue weighted by atomic mass is 35.5. The number of carbonyl (C=O) groups excluding carboxylic acids is 3. The average Bonchev–Trinajstić information content (AvgIpc) is 3.18. The largest absolute Gasteiger partial charge is 0.460 e. The smallest absolute Gasteiger partial charge is 0.379 e. The van der Waals surface area contributed by atoms with Crippen LogP contribution in [-0.2, 0) is 20.7 Å². The highest BCUT2D eigenvalue weighted by molar-refractivity contribution is 6.48. The second kappa shape index (κ2) is 15.4. The Kier molecular flexibility index (Phi) is 16.3. The van der Waals surface area contributed by atoms with Gasteiger partial charge in [0.2, 0.25) is 5.91 Å². The van der Waals surface area contributed by atoms with Crippen molar-refractivity contribution in [1.82, 2.24) is 4.98 Å². The summed E-state index contributed by atoms with van der Waals surface area (Å²) in [5, 5.41) is 4.53. The Bertz CT molecular complexity index is 1130. The Morgan fingerprint density at radius 2 is 1.53 bits per heavy atom. The SMILES string of the molecule is C.C.C.C.C.CCOC(=O)C(=O)c1c(Cl)[nH]c2cc(Cl)ccc12.O=C1Cc2ccc(Cl)cc2N1. The minimum atomic E-state index is -0.921. The van der Waals surface area contributed by atoms with E-state index in [9.17, 15) is 14.4 Å². The molecule has 0 spiro atoms. The summed E-state index contributed by atoms with van der Waals surface area (Å²) in [5.74, 6) is -1.65. The molecule has 6 nitrogen and oxygen atoms in total. The van der Waals surface area contributed by atoms with Crippen LogP contribution < -0.4 is 5.32 Å². The molecule has 2 N–H and O–H groups in total. The van der Waals surface area contributed by atoms with Crippen LogP contribution in [0.5, 0.6) is 0 Å². The highest BCUT2D eigenvalue weighted by Gasteiger charge is 2.24. The van der Waals surface area contributed by atoms with E-state index in [0.717, 1.165) is 11.3 Å². The molecule has 0 unspecified atom stereocenters. The van der Waals surface area contributed by atoms with Gasteiger partial charge in [-0.3, -0.25) is 9.59 Å². The molecule has 9 heteroatoms. The van der Waals surface area contributed by atoms with Crippen molar-refractivity contribution >= 4 is 69.1 Å². The Morgan fingerprint density at radius 1 is 0.941 bits per heavy atom. The van der Waals surface area contributed by atoms with E-state index in [1.54, 1.807) is 37.3 Å². The quantitative estimate of drug-likeness (QED) is 0.201. The zero-order valence-electron chi connectivity index (χ0n) is 15.1. The van der Waals surface area contributed by atoms with Crippen LogP contribution in [-0.4, -0.2) is 29.3 Å². The monoisotopic (exact) mass is 532 g/mol. The molecule has 1 aliphatic rings. The van der Waals surface area contributed by atoms with Gasteiger partial charge in [0.1, 0.15) is 5.15 Å². The van der Waals surface area contributed by atoms with Crippen LogP contribution in [0.15, 0.2) is 36.4 Å². The average molecular weight is 534 g/mol. The predicted octanol–water partition coefficient (Wildman–Crippen LogP) is 8.24. The first-order valence-corrected chi connectivity index (χ1v) is 9.70. The summed E-state index contributed by atoms with van der Waals surface area (Å²) in [6, 6.07) is 10.3. The van der Waals surface area contributed by atoms with E-state index in [1.165, 1.54) is 0 Å². The summed E-state index contributed by atoms with van der Waals surface area (Å²) in [6.07, 6.45) is 0.479. The van der Waals surface area contributed by atoms with Crippen LogP contribution in [0.1, 0.15) is 60.0 Å². The fraction of sp³-hybridized carbons (Fsp3) is 0.320. The standard InChI is InChI=1S/C12H9Cl2NO3.C8H6ClNO.5CH4/c1-2-18-12(17)10(16)9-7-4-3-6(13)5-8(7)15-11(9)14;9-6-2-1-5-3-8(11)10-7(5)4-6;;;;;/h3-5,15H,2H2,1H3;1-2,4H,3H2,(H,10,11);5*1H4. The summed E-state index contributed by atoms with van der Waals surface area (Å²) in [5.41, 5.74) is 2.59. The molecule has 0 bridgehead atoms. The number of hydrogen-bond acceptors (Lipinski definition) is 4. The van der Waals surface area contributed by atoms with Crippen LogP contribution in [0.25, 0.3) is 10.9 Å². The number of H-pyrrole nitrogens is 1. The van der Waals surface area contributed by atoms with Crippen molar-refractivity contribution in [1.29, 1.82) is 0 Å². The molecule has 34 heavy (non-hydrogen) atoms. The Hall–Kier alpha value is -2.54. The number of benzene rings is 2. The molecule has 1 aliphatic heterocycles. The summed E-state index contributed by atoms with van der Waals surface area (Å²) in [7, 11) is 0. The number of rotatable bonds is 3. The van der Waals surface area contributed by atoms with Crippen molar-refractivity contribution in [3.05, 3.63) is 62.7 Å². The van der Waals surface area contributed by atoms with Gasteiger partial charge < -0.3 is 15.0 Å². The van der Waals surface area contributed by atoms with Gasteiger partial charge in [-0.2, -0.15) is 0 Å². The molecule has 2 aromatic carbocycles. The lowest BCUT2D eigenvalue weighted by Crippen LogP contribution is -2.17. The number of Topliss-reactive ketones (excluding diaryl/α,β-unsaturated/α-hetero) is 1. The van der Waals surface area contributed by atoms with Crippen LogP contribution >= 0.6 is 34.8 Å². The number of nitrogens with one attached hydrogen (secondary N) is 2. The molecule has 0 saturated carbocycles. The number of hydrogen-bond donors (Lipinski definition) is 2. The molecule has 0 radical (unpaired) electrons. The van der Waals surface area contributed by atoms with E-state index in [2.05, 4.69) is 15.0 Å². The number of halogens is 3. The topological polar surface area (TPSA) is 88.3 Å². The fourth-order valence-corrected chi connectivity index (χ4v) is 3.48. The zero-order valence-corrected chi connectivity index (χ0v) is 17.4. The molecule has 0 aliphatic carbocycles. The van der Waals surface area contributed by atoms with E-state index in [4.69, 9.17) is 34.8 Å². The molecular formula is C25H35Cl3N2O4. The molecule has 190 valence electrons. The summed E-state index contributed by atoms with van der Waals surface area (Å²) in [4.78, 5) is 37.0. The van der Waals surface area contributed by atoms with E-state index < -0.39 is 11.8 Å². The zero-order chi connectivity index (χ0) is 21.1. The first-order chi connectivity index (χ1) is 13.8. The van der Waals surface area contributed by atoms with Crippen LogP contribution in [0.3, 0.4) is 0 Å². The lowest BCUT2D eigenvalue weighted by Gasteiger charge is -2.00. The van der Waals surface area contributed by atoms with Gasteiger partial charge >= 0.3 is 5.97 Å². The van der Waals surface area contributed by atoms with Crippen LogP contribution in [0, 0.1) is 0 Å². The normalized spacial score (nSPS) is 10.3. The van der Waals surface area contributed by atoms with Crippen LogP contribution in [0.4, 0.5) is 5.69 Å². The number of amides is 1. The third-order valence-corrected chi connectivity index (χ3v) is 4.85. The maximum atomic E-state index is 11.9. The second-order valence-electron chi connectivity index (χ2n) is 6.08. The van der Waals surface area contributed by atoms with E-state index in [-0.39, 0.29) is 60.4 Å². The fourth-order valence-electron chi connectivity index (χ4n) is 2.84. The number of ether oxygens (including phenoxy) is 1. The summed E-state index contributed by atoms with van der Waals surface area (Å²) >= 11 is 17.5. The number of carbonyl (C=O) groups is 3. The van der Waals surface area contributed by atoms with Crippen molar-refractivity contribution < 1.29 is 19.1 Å². The Labute approximate surface area is 217 Å². The predicted molar refractivity (Wildman–Crippen MR) is 147 cm³/mol. The van der Waals surface area contributed by atoms with Crippen molar-refractivity contribution in [3.8, 4) is 0 Å². The maximum Gasteiger partial charge on any atom is 0.379 e. The Morgan fingerprint density at radius 3 is 2.15 bits per heavy atom. The molecule has 0 atom stereocenters. The van der Waals surface area contributed by atoms with Gasteiger partial charge in [-0.05, 0) is 36.8 Å². The van der Waals surface area contributed by atoms with Gasteiger partial charge in [0, 0.05) is 26.6 Å². The molecular weight excluding hydrogens is 499 g/mol.